The monoisotopic (exact) mass is 270 g/mol. The van der Waals surface area contributed by atoms with E-state index in [2.05, 4.69) is 27.1 Å². The van der Waals surface area contributed by atoms with Crippen molar-refractivity contribution in [3.8, 4) is 0 Å². The molecule has 1 fully saturated rings. The molecule has 0 aliphatic carbocycles. The molecule has 10 heavy (non-hydrogen) atoms. The van der Waals surface area contributed by atoms with Crippen LogP contribution in [-0.2, 0) is 14.3 Å². The molecule has 0 bridgehead atoms. The molecule has 2 unspecified atom stereocenters. The van der Waals surface area contributed by atoms with Gasteiger partial charge in [0.1, 0.15) is 0 Å². The molecule has 54 valence electrons. The van der Waals surface area contributed by atoms with Gasteiger partial charge in [0.2, 0.25) is 4.86 Å². The minimum absolute atomic E-state index is 0.135. The van der Waals surface area contributed by atoms with Gasteiger partial charge in [0, 0.05) is 0 Å². The van der Waals surface area contributed by atoms with Crippen LogP contribution in [0.3, 0.4) is 0 Å². The molecule has 2 atom stereocenters. The zero-order chi connectivity index (χ0) is 7.56. The Morgan fingerprint density at radius 2 is 2.40 bits per heavy atom. The van der Waals surface area contributed by atoms with Crippen molar-refractivity contribution in [2.24, 2.45) is 0 Å². The highest BCUT2D eigenvalue weighted by Crippen LogP contribution is 2.27. The first-order chi connectivity index (χ1) is 4.74. The van der Waals surface area contributed by atoms with Gasteiger partial charge < -0.3 is 4.74 Å². The van der Waals surface area contributed by atoms with Crippen LogP contribution in [0.2, 0.25) is 0 Å². The number of rotatable bonds is 2. The Morgan fingerprint density at radius 3 is 2.80 bits per heavy atom. The van der Waals surface area contributed by atoms with Crippen molar-refractivity contribution in [1.29, 1.82) is 0 Å². The molecule has 0 N–H and O–H groups in total. The van der Waals surface area contributed by atoms with Crippen LogP contribution >= 0.6 is 30.8 Å². The second kappa shape index (κ2) is 3.67. The zero-order valence-corrected chi connectivity index (χ0v) is 8.25. The van der Waals surface area contributed by atoms with Crippen LogP contribution in [0.5, 0.6) is 0 Å². The summed E-state index contributed by atoms with van der Waals surface area (Å²) in [5.74, 6) is -0.702. The van der Waals surface area contributed by atoms with Gasteiger partial charge in [-0.05, 0) is 0 Å². The second-order valence-electron chi connectivity index (χ2n) is 1.89. The van der Waals surface area contributed by atoms with Gasteiger partial charge in [0.05, 0.1) is 12.1 Å². The maximum absolute atomic E-state index is 10.7. The number of carbonyl (C=O) groups is 2. The molecule has 1 aliphatic heterocycles. The average molecular weight is 270 g/mol. The van der Waals surface area contributed by atoms with Crippen molar-refractivity contribution in [1.82, 2.24) is 0 Å². The molecule has 0 aromatic heterocycles. The smallest absolute Gasteiger partial charge is 0.320 e. The fraction of sp³-hybridized carbons (Fsp3) is 0.500. The van der Waals surface area contributed by atoms with Gasteiger partial charge in [0.25, 0.3) is 0 Å². The van der Waals surface area contributed by atoms with Crippen molar-refractivity contribution in [2.75, 3.05) is 0 Å². The van der Waals surface area contributed by atoms with E-state index in [0.29, 0.717) is 14.9 Å². The number of ether oxygens (including phenoxy) is 1. The highest BCUT2D eigenvalue weighted by Gasteiger charge is 2.32. The largest absolute Gasteiger partial charge is 0.393 e. The SMILES string of the molecule is O=C1CC(PBI)C(=O)O1. The summed E-state index contributed by atoms with van der Waals surface area (Å²) < 4.78 is 4.35. The van der Waals surface area contributed by atoms with E-state index in [-0.39, 0.29) is 17.6 Å². The molecule has 0 saturated carbocycles. The van der Waals surface area contributed by atoms with Crippen LogP contribution in [0.25, 0.3) is 0 Å². The summed E-state index contributed by atoms with van der Waals surface area (Å²) in [6.45, 7) is 0. The van der Waals surface area contributed by atoms with Gasteiger partial charge in [-0.1, -0.05) is 0 Å². The number of esters is 2. The molecule has 1 saturated heterocycles. The van der Waals surface area contributed by atoms with Crippen molar-refractivity contribution >= 4 is 47.6 Å². The van der Waals surface area contributed by atoms with Crippen molar-refractivity contribution in [3.05, 3.63) is 0 Å². The Balaban J connectivity index is 2.46. The van der Waals surface area contributed by atoms with Crippen LogP contribution < -0.4 is 0 Å². The molecule has 1 heterocycles. The van der Waals surface area contributed by atoms with E-state index < -0.39 is 0 Å². The van der Waals surface area contributed by atoms with E-state index in [1.165, 1.54) is 0 Å². The number of hydrogen-bond acceptors (Lipinski definition) is 3. The molecular formula is C4H5BIO3P. The average Bonchev–Trinajstić information content (AvgIpc) is 2.13. The predicted octanol–water partition coefficient (Wildman–Crippen LogP) is 0.209. The van der Waals surface area contributed by atoms with E-state index in [4.69, 9.17) is 0 Å². The maximum Gasteiger partial charge on any atom is 0.320 e. The molecule has 0 aromatic carbocycles. The highest BCUT2D eigenvalue weighted by molar-refractivity contribution is 14.1. The number of hydrogen-bond donors (Lipinski definition) is 0. The van der Waals surface area contributed by atoms with Crippen LogP contribution in [0.1, 0.15) is 6.42 Å². The molecule has 0 spiro atoms. The highest BCUT2D eigenvalue weighted by atomic mass is 127. The van der Waals surface area contributed by atoms with Gasteiger partial charge in [-0.25, -0.2) is 0 Å². The van der Waals surface area contributed by atoms with Crippen molar-refractivity contribution in [3.63, 3.8) is 0 Å². The zero-order valence-electron chi connectivity index (χ0n) is 5.09. The van der Waals surface area contributed by atoms with E-state index in [9.17, 15) is 9.59 Å². The van der Waals surface area contributed by atoms with Crippen LogP contribution in [0, 0.1) is 0 Å². The van der Waals surface area contributed by atoms with Gasteiger partial charge in [0.15, 0.2) is 0 Å². The Labute approximate surface area is 74.1 Å². The topological polar surface area (TPSA) is 43.4 Å². The van der Waals surface area contributed by atoms with Crippen LogP contribution in [0.4, 0.5) is 0 Å². The van der Waals surface area contributed by atoms with Gasteiger partial charge in [-0.3, -0.25) is 9.59 Å². The third-order valence-electron chi connectivity index (χ3n) is 1.19. The molecular weight excluding hydrogens is 265 g/mol. The summed E-state index contributed by atoms with van der Waals surface area (Å²) in [7, 11) is 0.526. The van der Waals surface area contributed by atoms with Gasteiger partial charge >= 0.3 is 11.9 Å². The molecule has 6 heteroatoms. The van der Waals surface area contributed by atoms with Crippen molar-refractivity contribution < 1.29 is 14.3 Å². The van der Waals surface area contributed by atoms with E-state index in [1.54, 1.807) is 0 Å². The Morgan fingerprint density at radius 1 is 1.70 bits per heavy atom. The first kappa shape index (κ1) is 8.46. The summed E-state index contributed by atoms with van der Waals surface area (Å²) in [5.41, 5.74) is -0.135. The Bertz CT molecular complexity index is 174. The van der Waals surface area contributed by atoms with Gasteiger partial charge in [-0.2, -0.15) is 0 Å². The molecule has 3 nitrogen and oxygen atoms in total. The lowest BCUT2D eigenvalue weighted by Gasteiger charge is -1.97. The summed E-state index contributed by atoms with van der Waals surface area (Å²) in [5, 5.41) is 0. The summed E-state index contributed by atoms with van der Waals surface area (Å²) in [4.78, 5) is 22.2. The van der Waals surface area contributed by atoms with E-state index >= 15 is 0 Å². The molecule has 1 rings (SSSR count). The molecule has 0 amide bonds. The minimum atomic E-state index is -0.368. The molecule has 1 aliphatic rings. The van der Waals surface area contributed by atoms with Crippen molar-refractivity contribution in [2.45, 2.75) is 12.1 Å². The predicted molar refractivity (Wildman–Crippen MR) is 49.0 cm³/mol. The lowest BCUT2D eigenvalue weighted by molar-refractivity contribution is -0.151. The third kappa shape index (κ3) is 1.92. The number of cyclic esters (lactones) is 2. The molecule has 0 aromatic rings. The Kier molecular flexibility index (Phi) is 3.10. The second-order valence-corrected chi connectivity index (χ2v) is 5.55. The van der Waals surface area contributed by atoms with E-state index in [0.717, 1.165) is 4.86 Å². The van der Waals surface area contributed by atoms with Crippen LogP contribution in [-0.4, -0.2) is 22.5 Å². The molecule has 0 radical (unpaired) electrons. The normalized spacial score (nSPS) is 25.9. The number of halogens is 1. The van der Waals surface area contributed by atoms with Gasteiger partial charge in [-0.15, -0.1) is 30.8 Å². The van der Waals surface area contributed by atoms with E-state index in [1.807, 2.05) is 0 Å². The fourth-order valence-corrected chi connectivity index (χ4v) is 3.04. The number of carbonyl (C=O) groups excluding carboxylic acids is 2. The van der Waals surface area contributed by atoms with Crippen LogP contribution in [0.15, 0.2) is 0 Å². The lowest BCUT2D eigenvalue weighted by atomic mass is 10.3. The first-order valence-corrected chi connectivity index (χ1v) is 5.59. The summed E-state index contributed by atoms with van der Waals surface area (Å²) in [6.07, 6.45) is 0.292. The first-order valence-electron chi connectivity index (χ1n) is 2.78. The summed E-state index contributed by atoms with van der Waals surface area (Å²) in [6, 6.07) is 0. The quantitative estimate of drug-likeness (QED) is 0.237. The maximum atomic E-state index is 10.7. The fourth-order valence-electron chi connectivity index (χ4n) is 0.724. The Hall–Kier alpha value is 0.365. The standard InChI is InChI=1S/C4H5BIO3P/c6-5-10-2-1-3(7)9-4(2)8/h2,5,10H,1H2. The lowest BCUT2D eigenvalue weighted by Crippen LogP contribution is -2.07. The third-order valence-corrected chi connectivity index (χ3v) is 3.60. The minimum Gasteiger partial charge on any atom is -0.393 e. The summed E-state index contributed by atoms with van der Waals surface area (Å²) >= 11 is 2.19.